The lowest BCUT2D eigenvalue weighted by atomic mass is 10.1. The van der Waals surface area contributed by atoms with Gasteiger partial charge < -0.3 is 30.4 Å². The number of thiazole rings is 1. The van der Waals surface area contributed by atoms with E-state index in [1.54, 1.807) is 6.07 Å². The van der Waals surface area contributed by atoms with E-state index in [4.69, 9.17) is 16.3 Å². The topological polar surface area (TPSA) is 107 Å². The highest BCUT2D eigenvalue weighted by atomic mass is 35.5. The maximum absolute atomic E-state index is 12.6. The molecule has 0 bridgehead atoms. The highest BCUT2D eigenvalue weighted by Gasteiger charge is 2.16. The van der Waals surface area contributed by atoms with Crippen LogP contribution in [0.25, 0.3) is 10.2 Å². The van der Waals surface area contributed by atoms with Gasteiger partial charge in [-0.1, -0.05) is 55.0 Å². The molecule has 0 saturated heterocycles. The predicted octanol–water partition coefficient (Wildman–Crippen LogP) is 3.95. The Labute approximate surface area is 233 Å². The lowest BCUT2D eigenvalue weighted by molar-refractivity contribution is -0.124. The molecule has 1 aromatic heterocycles. The van der Waals surface area contributed by atoms with Gasteiger partial charge in [0.1, 0.15) is 11.3 Å². The summed E-state index contributed by atoms with van der Waals surface area (Å²) in [4.78, 5) is 29.1. The van der Waals surface area contributed by atoms with E-state index < -0.39 is 0 Å². The number of halogens is 1. The first-order chi connectivity index (χ1) is 18.4. The van der Waals surface area contributed by atoms with E-state index in [2.05, 4.69) is 34.4 Å². The first-order valence-electron chi connectivity index (χ1n) is 13.3. The zero-order chi connectivity index (χ0) is 27.3. The van der Waals surface area contributed by atoms with Crippen LogP contribution in [0.1, 0.15) is 37.8 Å². The van der Waals surface area contributed by atoms with E-state index in [1.165, 1.54) is 0 Å². The number of H-pyrrole nitrogens is 1. The van der Waals surface area contributed by atoms with Crippen molar-refractivity contribution in [2.24, 2.45) is 0 Å². The largest absolute Gasteiger partial charge is 0.506 e. The van der Waals surface area contributed by atoms with Crippen molar-refractivity contribution in [1.29, 1.82) is 0 Å². The van der Waals surface area contributed by atoms with E-state index >= 15 is 0 Å². The molecular formula is C28H39ClN4O4S. The normalized spacial score (nSPS) is 12.3. The molecule has 0 saturated carbocycles. The second-order valence-corrected chi connectivity index (χ2v) is 10.6. The summed E-state index contributed by atoms with van der Waals surface area (Å²) < 4.78 is 6.94. The fourth-order valence-electron chi connectivity index (χ4n) is 4.33. The highest BCUT2D eigenvalue weighted by molar-refractivity contribution is 7.16. The minimum absolute atomic E-state index is 0.0172. The summed E-state index contributed by atoms with van der Waals surface area (Å²) in [5, 5.41) is 17.0. The number of aromatic nitrogens is 1. The Balaban J connectivity index is 1.39. The number of phenolic OH excluding ortho intramolecular Hbond substituents is 1. The summed E-state index contributed by atoms with van der Waals surface area (Å²) in [5.41, 5.74) is 2.62. The number of nitrogens with zero attached hydrogens (tertiary/aromatic N) is 1. The van der Waals surface area contributed by atoms with Gasteiger partial charge in [-0.2, -0.15) is 0 Å². The maximum atomic E-state index is 12.6. The van der Waals surface area contributed by atoms with Gasteiger partial charge in [0, 0.05) is 24.7 Å². The number of aromatic amines is 1. The molecule has 0 radical (unpaired) electrons. The van der Waals surface area contributed by atoms with Crippen LogP contribution in [-0.2, 0) is 22.4 Å². The summed E-state index contributed by atoms with van der Waals surface area (Å²) in [7, 11) is 0. The number of carbonyl (C=O) groups excluding carboxylic acids is 1. The molecule has 38 heavy (non-hydrogen) atoms. The van der Waals surface area contributed by atoms with Gasteiger partial charge in [0.25, 0.3) is 0 Å². The lowest BCUT2D eigenvalue weighted by Gasteiger charge is -2.23. The second kappa shape index (κ2) is 15.9. The van der Waals surface area contributed by atoms with Gasteiger partial charge >= 0.3 is 4.87 Å². The molecule has 208 valence electrons. The molecule has 3 rings (SSSR count). The molecular weight excluding hydrogens is 524 g/mol. The van der Waals surface area contributed by atoms with Crippen LogP contribution in [0.2, 0.25) is 5.02 Å². The van der Waals surface area contributed by atoms with Gasteiger partial charge in [0.2, 0.25) is 5.91 Å². The fraction of sp³-hybridized carbons (Fsp3) is 0.500. The minimum Gasteiger partial charge on any atom is -0.506 e. The van der Waals surface area contributed by atoms with Crippen LogP contribution in [0.15, 0.2) is 41.2 Å². The Bertz CT molecular complexity index is 1210. The van der Waals surface area contributed by atoms with Crippen molar-refractivity contribution in [3.63, 3.8) is 0 Å². The highest BCUT2D eigenvalue weighted by Crippen LogP contribution is 2.27. The third-order valence-corrected chi connectivity index (χ3v) is 7.74. The monoisotopic (exact) mass is 562 g/mol. The van der Waals surface area contributed by atoms with Crippen molar-refractivity contribution < 1.29 is 14.6 Å². The lowest BCUT2D eigenvalue weighted by Crippen LogP contribution is -2.36. The molecule has 1 amide bonds. The third-order valence-electron chi connectivity index (χ3n) is 6.54. The molecule has 1 unspecified atom stereocenters. The van der Waals surface area contributed by atoms with Crippen LogP contribution in [0.5, 0.6) is 5.75 Å². The first kappa shape index (κ1) is 30.1. The molecule has 0 fully saturated rings. The summed E-state index contributed by atoms with van der Waals surface area (Å²) in [6, 6.07) is 11.2. The van der Waals surface area contributed by atoms with Crippen LogP contribution < -0.4 is 15.5 Å². The van der Waals surface area contributed by atoms with Crippen molar-refractivity contribution in [3.05, 3.63) is 62.2 Å². The van der Waals surface area contributed by atoms with E-state index in [0.717, 1.165) is 59.6 Å². The minimum atomic E-state index is -0.178. The summed E-state index contributed by atoms with van der Waals surface area (Å²) >= 11 is 7.19. The van der Waals surface area contributed by atoms with Crippen LogP contribution in [0.3, 0.4) is 0 Å². The number of carbonyl (C=O) groups is 1. The Morgan fingerprint density at radius 2 is 1.97 bits per heavy atom. The van der Waals surface area contributed by atoms with Crippen LogP contribution in [-0.4, -0.2) is 72.9 Å². The molecule has 0 aliphatic heterocycles. The van der Waals surface area contributed by atoms with Crippen molar-refractivity contribution in [2.75, 3.05) is 45.9 Å². The van der Waals surface area contributed by atoms with Gasteiger partial charge in [0.05, 0.1) is 23.8 Å². The van der Waals surface area contributed by atoms with Crippen molar-refractivity contribution >= 4 is 39.1 Å². The molecule has 2 aromatic carbocycles. The van der Waals surface area contributed by atoms with E-state index in [0.29, 0.717) is 49.6 Å². The van der Waals surface area contributed by atoms with Crippen molar-refractivity contribution in [1.82, 2.24) is 20.5 Å². The molecule has 4 N–H and O–H groups in total. The molecule has 0 aliphatic rings. The maximum Gasteiger partial charge on any atom is 0.305 e. The average Bonchev–Trinajstić information content (AvgIpc) is 3.30. The van der Waals surface area contributed by atoms with Gasteiger partial charge in [-0.3, -0.25) is 9.59 Å². The Hall–Kier alpha value is -2.43. The predicted molar refractivity (Wildman–Crippen MR) is 156 cm³/mol. The smallest absolute Gasteiger partial charge is 0.305 e. The van der Waals surface area contributed by atoms with Gasteiger partial charge in [-0.15, -0.1) is 0 Å². The zero-order valence-corrected chi connectivity index (χ0v) is 23.8. The number of fused-ring (bicyclic) bond motifs is 1. The standard InChI is InChI=1S/C28H39ClN4O4S/c1-3-33(4-2)16-11-23(37-17-12-20-6-5-7-22(29)18-20)19-25(35)31-15-14-30-13-10-21-8-9-24(34)26-27(21)38-28(36)32-26/h5-9,18,23,30,34H,3-4,10-17,19H2,1-2H3,(H,31,35)(H,32,36). The number of amides is 1. The number of nitrogens with one attached hydrogen (secondary N) is 3. The SMILES string of the molecule is CCN(CC)CCC(CC(=O)NCCNCCc1ccc(O)c2[nH]c(=O)sc12)OCCc1cccc(Cl)c1. The van der Waals surface area contributed by atoms with Gasteiger partial charge in [-0.25, -0.2) is 0 Å². The van der Waals surface area contributed by atoms with E-state index in [1.807, 2.05) is 30.3 Å². The number of phenols is 1. The third kappa shape index (κ3) is 9.71. The van der Waals surface area contributed by atoms with Crippen LogP contribution >= 0.6 is 22.9 Å². The molecule has 8 nitrogen and oxygen atoms in total. The van der Waals surface area contributed by atoms with Gasteiger partial charge in [0.15, 0.2) is 0 Å². The fourth-order valence-corrected chi connectivity index (χ4v) is 5.44. The average molecular weight is 563 g/mol. The number of benzene rings is 2. The van der Waals surface area contributed by atoms with Crippen molar-refractivity contribution in [3.8, 4) is 5.75 Å². The van der Waals surface area contributed by atoms with E-state index in [9.17, 15) is 14.7 Å². The zero-order valence-electron chi connectivity index (χ0n) is 22.2. The second-order valence-electron chi connectivity index (χ2n) is 9.20. The molecule has 0 spiro atoms. The Kier molecular flexibility index (Phi) is 12.6. The van der Waals surface area contributed by atoms with E-state index in [-0.39, 0.29) is 22.6 Å². The molecule has 1 atom stereocenters. The summed E-state index contributed by atoms with van der Waals surface area (Å²) in [6.45, 7) is 9.52. The molecule has 3 aromatic rings. The van der Waals surface area contributed by atoms with Crippen molar-refractivity contribution in [2.45, 2.75) is 45.6 Å². The summed E-state index contributed by atoms with van der Waals surface area (Å²) in [5.74, 6) is 0.0676. The molecule has 1 heterocycles. The number of hydrogen-bond acceptors (Lipinski definition) is 7. The first-order valence-corrected chi connectivity index (χ1v) is 14.5. The van der Waals surface area contributed by atoms with Crippen LogP contribution in [0, 0.1) is 0 Å². The number of aromatic hydroxyl groups is 1. The quantitative estimate of drug-likeness (QED) is 0.186. The summed E-state index contributed by atoms with van der Waals surface area (Å²) in [6.07, 6.45) is 2.45. The number of hydrogen-bond donors (Lipinski definition) is 4. The van der Waals surface area contributed by atoms with Crippen LogP contribution in [0.4, 0.5) is 0 Å². The molecule has 10 heteroatoms. The van der Waals surface area contributed by atoms with Gasteiger partial charge in [-0.05, 0) is 68.2 Å². The Morgan fingerprint density at radius 1 is 1.16 bits per heavy atom. The Morgan fingerprint density at radius 3 is 2.74 bits per heavy atom. The molecule has 0 aliphatic carbocycles. The number of ether oxygens (including phenoxy) is 1. The number of rotatable bonds is 17.